The Bertz CT molecular complexity index is 352. The zero-order chi connectivity index (χ0) is 12.9. The molecule has 96 valence electrons. The molecule has 0 radical (unpaired) electrons. The molecule has 1 rings (SSSR count). The Balaban J connectivity index is 2.90. The molecule has 0 aromatic heterocycles. The number of methoxy groups -OCH3 is 1. The lowest BCUT2D eigenvalue weighted by atomic mass is 9.86. The molecule has 0 bridgehead atoms. The van der Waals surface area contributed by atoms with Crippen molar-refractivity contribution in [3.05, 3.63) is 29.3 Å². The van der Waals surface area contributed by atoms with Crippen molar-refractivity contribution in [2.24, 2.45) is 0 Å². The van der Waals surface area contributed by atoms with E-state index in [0.29, 0.717) is 0 Å². The van der Waals surface area contributed by atoms with E-state index in [9.17, 15) is 0 Å². The van der Waals surface area contributed by atoms with Crippen LogP contribution in [0.1, 0.15) is 45.2 Å². The van der Waals surface area contributed by atoms with Crippen LogP contribution in [0.3, 0.4) is 0 Å². The lowest BCUT2D eigenvalue weighted by Gasteiger charge is -2.21. The molecule has 1 aromatic rings. The number of benzene rings is 1. The standard InChI is InChI=1S/C15H25NO/c1-6-9-16-11-12-10-13(15(2,3)4)7-8-14(12)17-5/h7-8,10,16H,6,9,11H2,1-5H3. The molecule has 0 aliphatic carbocycles. The minimum absolute atomic E-state index is 0.186. The molecule has 2 heteroatoms. The summed E-state index contributed by atoms with van der Waals surface area (Å²) in [5, 5.41) is 3.42. The second kappa shape index (κ2) is 6.06. The van der Waals surface area contributed by atoms with Gasteiger partial charge in [-0.15, -0.1) is 0 Å². The maximum absolute atomic E-state index is 5.40. The molecule has 17 heavy (non-hydrogen) atoms. The van der Waals surface area contributed by atoms with E-state index < -0.39 is 0 Å². The van der Waals surface area contributed by atoms with Crippen LogP contribution in [0, 0.1) is 0 Å². The predicted octanol–water partition coefficient (Wildman–Crippen LogP) is 3.49. The number of ether oxygens (including phenoxy) is 1. The lowest BCUT2D eigenvalue weighted by molar-refractivity contribution is 0.407. The minimum atomic E-state index is 0.186. The molecule has 0 unspecified atom stereocenters. The third-order valence-corrected chi connectivity index (χ3v) is 2.89. The van der Waals surface area contributed by atoms with Crippen LogP contribution in [0.25, 0.3) is 0 Å². The SMILES string of the molecule is CCCNCc1cc(C(C)(C)C)ccc1OC. The van der Waals surface area contributed by atoms with Gasteiger partial charge in [0.05, 0.1) is 7.11 Å². The van der Waals surface area contributed by atoms with Gasteiger partial charge in [0.25, 0.3) is 0 Å². The average molecular weight is 235 g/mol. The highest BCUT2D eigenvalue weighted by Crippen LogP contribution is 2.27. The van der Waals surface area contributed by atoms with E-state index in [0.717, 1.165) is 25.3 Å². The lowest BCUT2D eigenvalue weighted by Crippen LogP contribution is -2.16. The van der Waals surface area contributed by atoms with Crippen LogP contribution < -0.4 is 10.1 Å². The van der Waals surface area contributed by atoms with E-state index in [2.05, 4.69) is 51.2 Å². The summed E-state index contributed by atoms with van der Waals surface area (Å²) in [6.07, 6.45) is 1.15. The van der Waals surface area contributed by atoms with Gasteiger partial charge in [0.1, 0.15) is 5.75 Å². The Morgan fingerprint density at radius 3 is 2.47 bits per heavy atom. The van der Waals surface area contributed by atoms with Crippen molar-refractivity contribution in [3.8, 4) is 5.75 Å². The molecule has 0 saturated carbocycles. The number of rotatable bonds is 5. The van der Waals surface area contributed by atoms with Crippen LogP contribution in [-0.4, -0.2) is 13.7 Å². The minimum Gasteiger partial charge on any atom is -0.496 e. The van der Waals surface area contributed by atoms with Gasteiger partial charge < -0.3 is 10.1 Å². The molecule has 0 atom stereocenters. The molecule has 0 saturated heterocycles. The highest BCUT2D eigenvalue weighted by atomic mass is 16.5. The van der Waals surface area contributed by atoms with Gasteiger partial charge in [0, 0.05) is 12.1 Å². The second-order valence-electron chi connectivity index (χ2n) is 5.45. The van der Waals surface area contributed by atoms with Gasteiger partial charge >= 0.3 is 0 Å². The third kappa shape index (κ3) is 4.04. The Hall–Kier alpha value is -1.02. The molecule has 1 N–H and O–H groups in total. The largest absolute Gasteiger partial charge is 0.496 e. The van der Waals surface area contributed by atoms with E-state index >= 15 is 0 Å². The molecular weight excluding hydrogens is 210 g/mol. The summed E-state index contributed by atoms with van der Waals surface area (Å²) >= 11 is 0. The van der Waals surface area contributed by atoms with Crippen LogP contribution in [-0.2, 0) is 12.0 Å². The smallest absolute Gasteiger partial charge is 0.123 e. The monoisotopic (exact) mass is 235 g/mol. The fourth-order valence-electron chi connectivity index (χ4n) is 1.78. The quantitative estimate of drug-likeness (QED) is 0.789. The normalized spacial score (nSPS) is 11.6. The third-order valence-electron chi connectivity index (χ3n) is 2.89. The van der Waals surface area contributed by atoms with Crippen LogP contribution in [0.15, 0.2) is 18.2 Å². The Morgan fingerprint density at radius 2 is 1.94 bits per heavy atom. The summed E-state index contributed by atoms with van der Waals surface area (Å²) in [4.78, 5) is 0. The van der Waals surface area contributed by atoms with Crippen LogP contribution in [0.5, 0.6) is 5.75 Å². The zero-order valence-electron chi connectivity index (χ0n) is 11.8. The fourth-order valence-corrected chi connectivity index (χ4v) is 1.78. The van der Waals surface area contributed by atoms with E-state index in [-0.39, 0.29) is 5.41 Å². The highest BCUT2D eigenvalue weighted by molar-refractivity contribution is 5.39. The van der Waals surface area contributed by atoms with Crippen molar-refractivity contribution < 1.29 is 4.74 Å². The molecule has 0 amide bonds. The first-order valence-electron chi connectivity index (χ1n) is 6.37. The van der Waals surface area contributed by atoms with Gasteiger partial charge in [0.2, 0.25) is 0 Å². The molecule has 2 nitrogen and oxygen atoms in total. The van der Waals surface area contributed by atoms with Gasteiger partial charge in [0.15, 0.2) is 0 Å². The van der Waals surface area contributed by atoms with Crippen molar-refractivity contribution >= 4 is 0 Å². The summed E-state index contributed by atoms with van der Waals surface area (Å²) in [6.45, 7) is 10.8. The second-order valence-corrected chi connectivity index (χ2v) is 5.45. The van der Waals surface area contributed by atoms with Gasteiger partial charge in [-0.2, -0.15) is 0 Å². The van der Waals surface area contributed by atoms with Crippen LogP contribution in [0.2, 0.25) is 0 Å². The first-order chi connectivity index (χ1) is 7.99. The van der Waals surface area contributed by atoms with Crippen molar-refractivity contribution in [2.45, 2.75) is 46.1 Å². The van der Waals surface area contributed by atoms with Crippen molar-refractivity contribution in [1.29, 1.82) is 0 Å². The van der Waals surface area contributed by atoms with E-state index in [1.807, 2.05) is 0 Å². The number of hydrogen-bond acceptors (Lipinski definition) is 2. The van der Waals surface area contributed by atoms with Gasteiger partial charge in [-0.05, 0) is 30.0 Å². The molecule has 0 aliphatic heterocycles. The maximum Gasteiger partial charge on any atom is 0.123 e. The Morgan fingerprint density at radius 1 is 1.24 bits per heavy atom. The molecule has 0 aliphatic rings. The van der Waals surface area contributed by atoms with Crippen molar-refractivity contribution in [1.82, 2.24) is 5.32 Å². The topological polar surface area (TPSA) is 21.3 Å². The van der Waals surface area contributed by atoms with E-state index in [4.69, 9.17) is 4.74 Å². The summed E-state index contributed by atoms with van der Waals surface area (Å²) in [7, 11) is 1.73. The van der Waals surface area contributed by atoms with Gasteiger partial charge in [-0.3, -0.25) is 0 Å². The first kappa shape index (κ1) is 14.0. The van der Waals surface area contributed by atoms with Crippen molar-refractivity contribution in [2.75, 3.05) is 13.7 Å². The summed E-state index contributed by atoms with van der Waals surface area (Å²) in [5.74, 6) is 0.974. The average Bonchev–Trinajstić information content (AvgIpc) is 2.28. The predicted molar refractivity (Wildman–Crippen MR) is 73.7 cm³/mol. The number of nitrogens with one attached hydrogen (secondary N) is 1. The molecule has 0 fully saturated rings. The summed E-state index contributed by atoms with van der Waals surface area (Å²) in [6, 6.07) is 6.48. The Kier molecular flexibility index (Phi) is 5.01. The summed E-state index contributed by atoms with van der Waals surface area (Å²) in [5.41, 5.74) is 2.78. The van der Waals surface area contributed by atoms with E-state index in [1.165, 1.54) is 11.1 Å². The molecule has 1 aromatic carbocycles. The molecule has 0 spiro atoms. The van der Waals surface area contributed by atoms with Gasteiger partial charge in [-0.1, -0.05) is 39.8 Å². The van der Waals surface area contributed by atoms with Gasteiger partial charge in [-0.25, -0.2) is 0 Å². The maximum atomic E-state index is 5.40. The summed E-state index contributed by atoms with van der Waals surface area (Å²) < 4.78 is 5.40. The fraction of sp³-hybridized carbons (Fsp3) is 0.600. The highest BCUT2D eigenvalue weighted by Gasteiger charge is 2.15. The van der Waals surface area contributed by atoms with Crippen LogP contribution >= 0.6 is 0 Å². The molecular formula is C15H25NO. The van der Waals surface area contributed by atoms with Crippen LogP contribution in [0.4, 0.5) is 0 Å². The van der Waals surface area contributed by atoms with Crippen molar-refractivity contribution in [3.63, 3.8) is 0 Å². The first-order valence-corrected chi connectivity index (χ1v) is 6.37. The Labute approximate surface area is 105 Å². The number of hydrogen-bond donors (Lipinski definition) is 1. The van der Waals surface area contributed by atoms with E-state index in [1.54, 1.807) is 7.11 Å². The zero-order valence-corrected chi connectivity index (χ0v) is 11.8. The molecule has 0 heterocycles.